The molecule has 0 aliphatic heterocycles. The van der Waals surface area contributed by atoms with Crippen LogP contribution in [-0.4, -0.2) is 44.6 Å². The maximum absolute atomic E-state index is 11.1. The van der Waals surface area contributed by atoms with E-state index in [1.165, 1.54) is 0 Å². The molecule has 1 rings (SSSR count). The first-order valence-corrected chi connectivity index (χ1v) is 6.21. The van der Waals surface area contributed by atoms with Crippen molar-refractivity contribution in [3.8, 4) is 5.75 Å². The summed E-state index contributed by atoms with van der Waals surface area (Å²) in [6, 6.07) is 7.98. The molecule has 1 aromatic carbocycles. The predicted octanol–water partition coefficient (Wildman–Crippen LogP) is 1.44. The highest BCUT2D eigenvalue weighted by Gasteiger charge is 2.04. The Hall–Kier alpha value is -1.55. The van der Waals surface area contributed by atoms with Crippen LogP contribution in [0.2, 0.25) is 0 Å². The third kappa shape index (κ3) is 5.19. The molecule has 1 aromatic rings. The smallest absolute Gasteiger partial charge is 0.233 e. The quantitative estimate of drug-likeness (QED) is 0.745. The van der Waals surface area contributed by atoms with Gasteiger partial charge < -0.3 is 10.1 Å². The highest BCUT2D eigenvalue weighted by atomic mass is 16.5. The predicted molar refractivity (Wildman–Crippen MR) is 72.9 cm³/mol. The number of hydrogen-bond acceptors (Lipinski definition) is 3. The maximum atomic E-state index is 11.1. The molecule has 0 unspecified atom stereocenters. The number of para-hydroxylation sites is 1. The van der Waals surface area contributed by atoms with E-state index >= 15 is 0 Å². The monoisotopic (exact) mass is 250 g/mol. The van der Waals surface area contributed by atoms with E-state index in [0.29, 0.717) is 13.2 Å². The second kappa shape index (κ2) is 7.71. The van der Waals surface area contributed by atoms with Gasteiger partial charge in [0.2, 0.25) is 5.91 Å². The number of nitrogens with zero attached hydrogens (tertiary/aromatic N) is 1. The molecule has 0 bridgehead atoms. The summed E-state index contributed by atoms with van der Waals surface area (Å²) in [5.74, 6) is 0.976. The second-order valence-electron chi connectivity index (χ2n) is 4.38. The number of benzene rings is 1. The van der Waals surface area contributed by atoms with Crippen LogP contribution in [0.3, 0.4) is 0 Å². The Balaban J connectivity index is 2.19. The van der Waals surface area contributed by atoms with Crippen molar-refractivity contribution in [2.24, 2.45) is 0 Å². The van der Waals surface area contributed by atoms with E-state index in [-0.39, 0.29) is 5.91 Å². The molecule has 0 radical (unpaired) electrons. The fraction of sp³-hybridized carbons (Fsp3) is 0.500. The van der Waals surface area contributed by atoms with Gasteiger partial charge in [0.15, 0.2) is 0 Å². The van der Waals surface area contributed by atoms with Crippen molar-refractivity contribution >= 4 is 5.91 Å². The molecule has 1 amide bonds. The summed E-state index contributed by atoms with van der Waals surface area (Å²) >= 11 is 0. The van der Waals surface area contributed by atoms with Crippen LogP contribution in [-0.2, 0) is 4.79 Å². The summed E-state index contributed by atoms with van der Waals surface area (Å²) in [5.41, 5.74) is 1.15. The van der Waals surface area contributed by atoms with E-state index in [9.17, 15) is 4.79 Å². The number of likely N-dealkylation sites (N-methyl/N-ethyl adjacent to an activating group) is 2. The summed E-state index contributed by atoms with van der Waals surface area (Å²) < 4.78 is 5.69. The molecule has 0 heterocycles. The van der Waals surface area contributed by atoms with E-state index < -0.39 is 0 Å². The first-order valence-electron chi connectivity index (χ1n) is 6.21. The topological polar surface area (TPSA) is 41.6 Å². The molecule has 18 heavy (non-hydrogen) atoms. The molecule has 0 saturated heterocycles. The lowest BCUT2D eigenvalue weighted by Crippen LogP contribution is -2.33. The number of aryl methyl sites for hydroxylation is 1. The van der Waals surface area contributed by atoms with Gasteiger partial charge in [0.05, 0.1) is 13.2 Å². The van der Waals surface area contributed by atoms with E-state index in [1.54, 1.807) is 7.05 Å². The minimum Gasteiger partial charge on any atom is -0.493 e. The lowest BCUT2D eigenvalue weighted by molar-refractivity contribution is -0.121. The number of hydrogen-bond donors (Lipinski definition) is 1. The van der Waals surface area contributed by atoms with Crippen molar-refractivity contribution in [3.63, 3.8) is 0 Å². The van der Waals surface area contributed by atoms with Gasteiger partial charge in [-0.15, -0.1) is 0 Å². The molecule has 4 heteroatoms. The van der Waals surface area contributed by atoms with Crippen LogP contribution in [0.5, 0.6) is 5.75 Å². The molecule has 0 aliphatic carbocycles. The van der Waals surface area contributed by atoms with Crippen molar-refractivity contribution in [2.75, 3.05) is 33.8 Å². The lowest BCUT2D eigenvalue weighted by atomic mass is 10.2. The van der Waals surface area contributed by atoms with Crippen molar-refractivity contribution in [3.05, 3.63) is 29.8 Å². The molecule has 0 fully saturated rings. The number of rotatable bonds is 7. The Labute approximate surface area is 109 Å². The lowest BCUT2D eigenvalue weighted by Gasteiger charge is -2.15. The summed E-state index contributed by atoms with van der Waals surface area (Å²) in [6.07, 6.45) is 0.905. The summed E-state index contributed by atoms with van der Waals surface area (Å²) in [5, 5.41) is 2.61. The third-order valence-electron chi connectivity index (χ3n) is 2.73. The van der Waals surface area contributed by atoms with Crippen LogP contribution in [0.15, 0.2) is 24.3 Å². The minimum atomic E-state index is 0.0392. The van der Waals surface area contributed by atoms with Crippen molar-refractivity contribution in [2.45, 2.75) is 13.3 Å². The number of carbonyl (C=O) groups is 1. The largest absolute Gasteiger partial charge is 0.493 e. The van der Waals surface area contributed by atoms with Gasteiger partial charge in [0.25, 0.3) is 0 Å². The highest BCUT2D eigenvalue weighted by molar-refractivity contribution is 5.77. The molecule has 1 N–H and O–H groups in total. The van der Waals surface area contributed by atoms with E-state index in [4.69, 9.17) is 4.74 Å². The second-order valence-corrected chi connectivity index (χ2v) is 4.38. The zero-order chi connectivity index (χ0) is 13.4. The number of carbonyl (C=O) groups excluding carboxylic acids is 1. The zero-order valence-corrected chi connectivity index (χ0v) is 11.4. The number of ether oxygens (including phenoxy) is 1. The molecule has 0 saturated carbocycles. The van der Waals surface area contributed by atoms with Gasteiger partial charge in [-0.05, 0) is 32.0 Å². The van der Waals surface area contributed by atoms with Gasteiger partial charge in [-0.3, -0.25) is 9.69 Å². The Morgan fingerprint density at radius 2 is 2.11 bits per heavy atom. The van der Waals surface area contributed by atoms with Crippen molar-refractivity contribution in [1.29, 1.82) is 0 Å². The molecule has 0 atom stereocenters. The van der Waals surface area contributed by atoms with Crippen LogP contribution in [0.1, 0.15) is 12.0 Å². The van der Waals surface area contributed by atoms with E-state index in [2.05, 4.69) is 5.32 Å². The number of nitrogens with one attached hydrogen (secondary N) is 1. The maximum Gasteiger partial charge on any atom is 0.233 e. The van der Waals surface area contributed by atoms with E-state index in [0.717, 1.165) is 24.3 Å². The van der Waals surface area contributed by atoms with Crippen molar-refractivity contribution < 1.29 is 9.53 Å². The minimum absolute atomic E-state index is 0.0392. The zero-order valence-electron chi connectivity index (χ0n) is 11.4. The standard InChI is InChI=1S/C14H22N2O2/c1-12-7-4-5-8-13(12)18-10-6-9-16(3)11-14(17)15-2/h4-5,7-8H,6,9-11H2,1-3H3,(H,15,17). The van der Waals surface area contributed by atoms with Gasteiger partial charge >= 0.3 is 0 Å². The Bertz CT molecular complexity index is 380. The molecular weight excluding hydrogens is 228 g/mol. The fourth-order valence-corrected chi connectivity index (χ4v) is 1.64. The molecule has 0 spiro atoms. The first-order chi connectivity index (χ1) is 8.63. The van der Waals surface area contributed by atoms with Gasteiger partial charge in [-0.1, -0.05) is 18.2 Å². The fourth-order valence-electron chi connectivity index (χ4n) is 1.64. The SMILES string of the molecule is CNC(=O)CN(C)CCCOc1ccccc1C. The summed E-state index contributed by atoms with van der Waals surface area (Å²) in [7, 11) is 3.58. The normalized spacial score (nSPS) is 10.4. The third-order valence-corrected chi connectivity index (χ3v) is 2.73. The molecule has 4 nitrogen and oxygen atoms in total. The van der Waals surface area contributed by atoms with Crippen LogP contribution in [0, 0.1) is 6.92 Å². The Morgan fingerprint density at radius 1 is 1.39 bits per heavy atom. The highest BCUT2D eigenvalue weighted by Crippen LogP contribution is 2.16. The first kappa shape index (κ1) is 14.5. The van der Waals surface area contributed by atoms with Gasteiger partial charge in [-0.2, -0.15) is 0 Å². The van der Waals surface area contributed by atoms with Gasteiger partial charge in [0, 0.05) is 13.6 Å². The van der Waals surface area contributed by atoms with Crippen LogP contribution in [0.25, 0.3) is 0 Å². The molecule has 0 aliphatic rings. The molecular formula is C14H22N2O2. The van der Waals surface area contributed by atoms with Gasteiger partial charge in [-0.25, -0.2) is 0 Å². The average Bonchev–Trinajstić information content (AvgIpc) is 2.36. The average molecular weight is 250 g/mol. The van der Waals surface area contributed by atoms with Crippen molar-refractivity contribution in [1.82, 2.24) is 10.2 Å². The Morgan fingerprint density at radius 3 is 2.78 bits per heavy atom. The van der Waals surface area contributed by atoms with E-state index in [1.807, 2.05) is 43.1 Å². The number of amides is 1. The summed E-state index contributed by atoms with van der Waals surface area (Å²) in [4.78, 5) is 13.1. The van der Waals surface area contributed by atoms with Crippen LogP contribution >= 0.6 is 0 Å². The molecule has 0 aromatic heterocycles. The van der Waals surface area contributed by atoms with Gasteiger partial charge in [0.1, 0.15) is 5.75 Å². The van der Waals surface area contributed by atoms with Crippen LogP contribution < -0.4 is 10.1 Å². The van der Waals surface area contributed by atoms with Crippen LogP contribution in [0.4, 0.5) is 0 Å². The molecule has 100 valence electrons. The summed E-state index contributed by atoms with van der Waals surface area (Å²) in [6.45, 7) is 3.98. The Kier molecular flexibility index (Phi) is 6.22.